The molecule has 0 aliphatic carbocycles. The minimum absolute atomic E-state index is 0.0945. The Balaban J connectivity index is 2.58. The summed E-state index contributed by atoms with van der Waals surface area (Å²) in [7, 11) is 1.50. The summed E-state index contributed by atoms with van der Waals surface area (Å²) in [6.07, 6.45) is 2.85. The van der Waals surface area contributed by atoms with Crippen molar-refractivity contribution in [3.63, 3.8) is 0 Å². The number of methoxy groups -OCH3 is 1. The standard InChI is InChI=1S/C10H9FN2O3/c1-16-5-7-4-13-3-6(10(14)15)2-8(11)9(13)12-7/h2-4H,5H2,1H3,(H,14,15). The van der Waals surface area contributed by atoms with Crippen LogP contribution in [0.5, 0.6) is 0 Å². The second-order valence-corrected chi connectivity index (χ2v) is 3.28. The molecule has 0 bridgehead atoms. The van der Waals surface area contributed by atoms with Crippen LogP contribution in [0.3, 0.4) is 0 Å². The minimum atomic E-state index is -1.18. The van der Waals surface area contributed by atoms with Crippen molar-refractivity contribution in [2.45, 2.75) is 6.61 Å². The molecule has 84 valence electrons. The molecule has 0 amide bonds. The molecular formula is C10H9FN2O3. The second kappa shape index (κ2) is 3.90. The smallest absolute Gasteiger partial charge is 0.337 e. The molecule has 6 heteroatoms. The predicted octanol–water partition coefficient (Wildman–Crippen LogP) is 1.32. The Hall–Kier alpha value is -1.95. The van der Waals surface area contributed by atoms with Crippen molar-refractivity contribution in [3.8, 4) is 0 Å². The molecule has 0 saturated heterocycles. The summed E-state index contributed by atoms with van der Waals surface area (Å²) in [5, 5.41) is 8.75. The van der Waals surface area contributed by atoms with Crippen LogP contribution in [0.4, 0.5) is 4.39 Å². The summed E-state index contributed by atoms with van der Waals surface area (Å²) in [5.41, 5.74) is 0.521. The van der Waals surface area contributed by atoms with Crippen molar-refractivity contribution >= 4 is 11.6 Å². The number of hydrogen-bond donors (Lipinski definition) is 1. The fraction of sp³-hybridized carbons (Fsp3) is 0.200. The summed E-state index contributed by atoms with van der Waals surface area (Å²) in [4.78, 5) is 14.7. The number of pyridine rings is 1. The molecule has 0 radical (unpaired) electrons. The fourth-order valence-corrected chi connectivity index (χ4v) is 1.44. The Kier molecular flexibility index (Phi) is 2.57. The van der Waals surface area contributed by atoms with Gasteiger partial charge in [0.15, 0.2) is 11.5 Å². The molecule has 2 heterocycles. The second-order valence-electron chi connectivity index (χ2n) is 3.28. The number of hydrogen-bond acceptors (Lipinski definition) is 3. The molecule has 0 fully saturated rings. The molecular weight excluding hydrogens is 215 g/mol. The van der Waals surface area contributed by atoms with E-state index in [9.17, 15) is 9.18 Å². The van der Waals surface area contributed by atoms with Crippen molar-refractivity contribution < 1.29 is 19.0 Å². The van der Waals surface area contributed by atoms with Crippen LogP contribution in [0.15, 0.2) is 18.5 Å². The van der Waals surface area contributed by atoms with Gasteiger partial charge in [0.25, 0.3) is 0 Å². The van der Waals surface area contributed by atoms with Gasteiger partial charge in [-0.3, -0.25) is 0 Å². The average Bonchev–Trinajstić information content (AvgIpc) is 2.61. The molecule has 5 nitrogen and oxygen atoms in total. The third kappa shape index (κ3) is 1.74. The highest BCUT2D eigenvalue weighted by molar-refractivity contribution is 5.87. The molecule has 2 aromatic heterocycles. The Morgan fingerprint density at radius 3 is 3.00 bits per heavy atom. The van der Waals surface area contributed by atoms with Gasteiger partial charge in [-0.25, -0.2) is 14.2 Å². The lowest BCUT2D eigenvalue weighted by Gasteiger charge is -1.97. The molecule has 0 unspecified atom stereocenters. The first-order valence-electron chi connectivity index (χ1n) is 4.51. The molecule has 0 aliphatic heterocycles. The molecule has 2 rings (SSSR count). The van der Waals surface area contributed by atoms with Gasteiger partial charge in [-0.15, -0.1) is 0 Å². The topological polar surface area (TPSA) is 63.8 Å². The van der Waals surface area contributed by atoms with E-state index < -0.39 is 11.8 Å². The minimum Gasteiger partial charge on any atom is -0.478 e. The van der Waals surface area contributed by atoms with Crippen LogP contribution in [0.2, 0.25) is 0 Å². The number of fused-ring (bicyclic) bond motifs is 1. The van der Waals surface area contributed by atoms with Crippen LogP contribution in [0.1, 0.15) is 16.1 Å². The number of carboxylic acid groups (broad SMARTS) is 1. The molecule has 0 aliphatic rings. The van der Waals surface area contributed by atoms with E-state index in [4.69, 9.17) is 9.84 Å². The molecule has 16 heavy (non-hydrogen) atoms. The number of carboxylic acids is 1. The first kappa shape index (κ1) is 10.6. The highest BCUT2D eigenvalue weighted by Gasteiger charge is 2.11. The summed E-state index contributed by atoms with van der Waals surface area (Å²) in [6.45, 7) is 0.253. The molecule has 0 saturated carbocycles. The molecule has 1 N–H and O–H groups in total. The van der Waals surface area contributed by atoms with Crippen LogP contribution in [0, 0.1) is 5.82 Å². The van der Waals surface area contributed by atoms with E-state index >= 15 is 0 Å². The number of halogens is 1. The Labute approximate surface area is 90.1 Å². The van der Waals surface area contributed by atoms with Gasteiger partial charge < -0.3 is 14.2 Å². The largest absolute Gasteiger partial charge is 0.478 e. The summed E-state index contributed by atoms with van der Waals surface area (Å²) in [5.74, 6) is -1.84. The van der Waals surface area contributed by atoms with Gasteiger partial charge in [-0.1, -0.05) is 0 Å². The summed E-state index contributed by atoms with van der Waals surface area (Å²) < 4.78 is 19.7. The van der Waals surface area contributed by atoms with E-state index in [-0.39, 0.29) is 17.8 Å². The normalized spacial score (nSPS) is 10.9. The summed E-state index contributed by atoms with van der Waals surface area (Å²) in [6, 6.07) is 0.946. The zero-order valence-corrected chi connectivity index (χ0v) is 8.48. The van der Waals surface area contributed by atoms with Crippen molar-refractivity contribution in [1.29, 1.82) is 0 Å². The van der Waals surface area contributed by atoms with Crippen LogP contribution < -0.4 is 0 Å². The van der Waals surface area contributed by atoms with Crippen LogP contribution >= 0.6 is 0 Å². The van der Waals surface area contributed by atoms with Gasteiger partial charge in [0.05, 0.1) is 17.9 Å². The van der Waals surface area contributed by atoms with E-state index in [2.05, 4.69) is 4.98 Å². The Morgan fingerprint density at radius 1 is 1.62 bits per heavy atom. The van der Waals surface area contributed by atoms with Crippen LogP contribution in [0.25, 0.3) is 5.65 Å². The number of aromatic carboxylic acids is 1. The number of ether oxygens (including phenoxy) is 1. The third-order valence-electron chi connectivity index (χ3n) is 2.10. The maximum Gasteiger partial charge on any atom is 0.337 e. The quantitative estimate of drug-likeness (QED) is 0.853. The number of rotatable bonds is 3. The third-order valence-corrected chi connectivity index (χ3v) is 2.10. The summed E-state index contributed by atoms with van der Waals surface area (Å²) >= 11 is 0. The predicted molar refractivity (Wildman–Crippen MR) is 52.8 cm³/mol. The molecule has 0 atom stereocenters. The highest BCUT2D eigenvalue weighted by Crippen LogP contribution is 2.13. The van der Waals surface area contributed by atoms with Gasteiger partial charge in [0.2, 0.25) is 0 Å². The van der Waals surface area contributed by atoms with Gasteiger partial charge in [0, 0.05) is 19.5 Å². The van der Waals surface area contributed by atoms with Crippen LogP contribution in [-0.2, 0) is 11.3 Å². The number of carbonyl (C=O) groups is 1. The number of nitrogens with zero attached hydrogens (tertiary/aromatic N) is 2. The molecule has 0 spiro atoms. The fourth-order valence-electron chi connectivity index (χ4n) is 1.44. The Bertz CT molecular complexity index is 550. The van der Waals surface area contributed by atoms with Crippen molar-refractivity contribution in [3.05, 3.63) is 35.5 Å². The first-order chi connectivity index (χ1) is 7.61. The molecule has 2 aromatic rings. The van der Waals surface area contributed by atoms with Gasteiger partial charge in [-0.05, 0) is 6.07 Å². The maximum atomic E-state index is 13.5. The highest BCUT2D eigenvalue weighted by atomic mass is 19.1. The SMILES string of the molecule is COCc1cn2cc(C(=O)O)cc(F)c2n1. The Morgan fingerprint density at radius 2 is 2.38 bits per heavy atom. The monoisotopic (exact) mass is 224 g/mol. The lowest BCUT2D eigenvalue weighted by molar-refractivity contribution is 0.0696. The van der Waals surface area contributed by atoms with Crippen LogP contribution in [-0.4, -0.2) is 27.6 Å². The van der Waals surface area contributed by atoms with E-state index in [0.717, 1.165) is 6.07 Å². The zero-order chi connectivity index (χ0) is 11.7. The van der Waals surface area contributed by atoms with E-state index in [1.807, 2.05) is 0 Å². The van der Waals surface area contributed by atoms with E-state index in [1.165, 1.54) is 23.9 Å². The first-order valence-corrected chi connectivity index (χ1v) is 4.51. The van der Waals surface area contributed by atoms with E-state index in [1.54, 1.807) is 0 Å². The van der Waals surface area contributed by atoms with Crippen molar-refractivity contribution in [2.24, 2.45) is 0 Å². The van der Waals surface area contributed by atoms with Gasteiger partial charge in [0.1, 0.15) is 0 Å². The number of aromatic nitrogens is 2. The van der Waals surface area contributed by atoms with Gasteiger partial charge >= 0.3 is 5.97 Å². The lowest BCUT2D eigenvalue weighted by atomic mass is 10.3. The number of imidazole rings is 1. The van der Waals surface area contributed by atoms with Crippen molar-refractivity contribution in [2.75, 3.05) is 7.11 Å². The average molecular weight is 224 g/mol. The molecule has 0 aromatic carbocycles. The van der Waals surface area contributed by atoms with E-state index in [0.29, 0.717) is 5.69 Å². The lowest BCUT2D eigenvalue weighted by Crippen LogP contribution is -2.00. The van der Waals surface area contributed by atoms with Gasteiger partial charge in [-0.2, -0.15) is 0 Å². The zero-order valence-electron chi connectivity index (χ0n) is 8.48. The van der Waals surface area contributed by atoms with Crippen molar-refractivity contribution in [1.82, 2.24) is 9.38 Å². The maximum absolute atomic E-state index is 13.5.